The molecule has 0 aliphatic rings. The number of hydrogen-bond donors (Lipinski definition) is 0. The fourth-order valence-electron chi connectivity index (χ4n) is 8.17. The summed E-state index contributed by atoms with van der Waals surface area (Å²) >= 11 is 0. The van der Waals surface area contributed by atoms with Crippen LogP contribution in [0.2, 0.25) is 0 Å². The second-order valence-electron chi connectivity index (χ2n) is 13.7. The highest BCUT2D eigenvalue weighted by atomic mass is 16.3. The molecule has 0 spiro atoms. The monoisotopic (exact) mass is 677 g/mol. The molecule has 11 aromatic rings. The molecule has 0 amide bonds. The molecule has 0 radical (unpaired) electrons. The Labute approximate surface area is 305 Å². The predicted molar refractivity (Wildman–Crippen MR) is 222 cm³/mol. The summed E-state index contributed by atoms with van der Waals surface area (Å²) in [5, 5.41) is 9.25. The molecule has 0 unspecified atom stereocenters. The Morgan fingerprint density at radius 2 is 0.943 bits per heavy atom. The molecule has 53 heavy (non-hydrogen) atoms. The normalized spacial score (nSPS) is 11.8. The van der Waals surface area contributed by atoms with E-state index in [2.05, 4.69) is 181 Å². The Balaban J connectivity index is 1.08. The standard InChI is InChI=1S/C50H31NO2/c1-3-15-39-32(10-1)12-8-18-40(39)34-22-25-36(26-23-34)51(38-27-29-44-43-17-5-6-20-46(43)52-48(44)31-38)37-14-7-13-35(30-37)41-19-9-21-47-49(41)45-28-24-33-11-2-4-16-42(33)50(45)53-47/h1-31H. The molecule has 3 heteroatoms. The van der Waals surface area contributed by atoms with Gasteiger partial charge in [0.2, 0.25) is 0 Å². The molecule has 0 aliphatic carbocycles. The zero-order valence-corrected chi connectivity index (χ0v) is 28.7. The van der Waals surface area contributed by atoms with Gasteiger partial charge in [0.1, 0.15) is 22.3 Å². The minimum atomic E-state index is 0.860. The van der Waals surface area contributed by atoms with Crippen LogP contribution in [0.25, 0.3) is 87.7 Å². The third-order valence-electron chi connectivity index (χ3n) is 10.6. The second kappa shape index (κ2) is 11.7. The quantitative estimate of drug-likeness (QED) is 0.182. The fourth-order valence-corrected chi connectivity index (χ4v) is 8.17. The molecule has 3 nitrogen and oxygen atoms in total. The largest absolute Gasteiger partial charge is 0.456 e. The van der Waals surface area contributed by atoms with Crippen LogP contribution in [0.5, 0.6) is 0 Å². The van der Waals surface area contributed by atoms with E-state index >= 15 is 0 Å². The van der Waals surface area contributed by atoms with Crippen molar-refractivity contribution < 1.29 is 8.83 Å². The first kappa shape index (κ1) is 29.6. The SMILES string of the molecule is c1cc(-c2cccc3oc4c5ccccc5ccc4c23)cc(N(c2ccc(-c3cccc4ccccc34)cc2)c2ccc3c(c2)oc2ccccc23)c1. The zero-order valence-electron chi connectivity index (χ0n) is 28.7. The van der Waals surface area contributed by atoms with Crippen molar-refractivity contribution in [2.24, 2.45) is 0 Å². The Hall–Kier alpha value is -7.10. The average molecular weight is 678 g/mol. The van der Waals surface area contributed by atoms with Gasteiger partial charge in [0, 0.05) is 50.1 Å². The number of rotatable bonds is 5. The van der Waals surface area contributed by atoms with Crippen LogP contribution in [-0.2, 0) is 0 Å². The van der Waals surface area contributed by atoms with Gasteiger partial charge < -0.3 is 13.7 Å². The van der Waals surface area contributed by atoms with Crippen LogP contribution < -0.4 is 4.90 Å². The van der Waals surface area contributed by atoms with E-state index in [0.717, 1.165) is 77.5 Å². The van der Waals surface area contributed by atoms with Crippen molar-refractivity contribution in [1.82, 2.24) is 0 Å². The summed E-state index contributed by atoms with van der Waals surface area (Å²) in [6.45, 7) is 0. The van der Waals surface area contributed by atoms with Gasteiger partial charge in [-0.25, -0.2) is 0 Å². The van der Waals surface area contributed by atoms with Gasteiger partial charge in [-0.2, -0.15) is 0 Å². The number of fused-ring (bicyclic) bond motifs is 9. The fraction of sp³-hybridized carbons (Fsp3) is 0. The summed E-state index contributed by atoms with van der Waals surface area (Å²) < 4.78 is 13.0. The van der Waals surface area contributed by atoms with E-state index in [0.29, 0.717) is 0 Å². The second-order valence-corrected chi connectivity index (χ2v) is 13.7. The summed E-state index contributed by atoms with van der Waals surface area (Å²) in [6.07, 6.45) is 0. The predicted octanol–water partition coefficient (Wildman–Crippen LogP) is 14.6. The Morgan fingerprint density at radius 1 is 0.321 bits per heavy atom. The van der Waals surface area contributed by atoms with Crippen LogP contribution >= 0.6 is 0 Å². The number of nitrogens with zero attached hydrogens (tertiary/aromatic N) is 1. The molecule has 9 aromatic carbocycles. The lowest BCUT2D eigenvalue weighted by atomic mass is 9.97. The lowest BCUT2D eigenvalue weighted by Crippen LogP contribution is -2.10. The molecular formula is C50H31NO2. The molecule has 0 bridgehead atoms. The number of hydrogen-bond acceptors (Lipinski definition) is 3. The van der Waals surface area contributed by atoms with Gasteiger partial charge in [-0.1, -0.05) is 127 Å². The molecule has 0 saturated heterocycles. The molecule has 11 rings (SSSR count). The van der Waals surface area contributed by atoms with Crippen molar-refractivity contribution in [3.63, 3.8) is 0 Å². The van der Waals surface area contributed by atoms with Crippen molar-refractivity contribution in [2.75, 3.05) is 4.90 Å². The van der Waals surface area contributed by atoms with Crippen molar-refractivity contribution in [1.29, 1.82) is 0 Å². The zero-order chi connectivity index (χ0) is 34.9. The van der Waals surface area contributed by atoms with Crippen LogP contribution in [0.4, 0.5) is 17.1 Å². The number of benzene rings is 9. The summed E-state index contributed by atoms with van der Waals surface area (Å²) in [5.74, 6) is 0. The average Bonchev–Trinajstić information content (AvgIpc) is 3.80. The molecule has 0 fully saturated rings. The Morgan fingerprint density at radius 3 is 1.83 bits per heavy atom. The first-order valence-corrected chi connectivity index (χ1v) is 18.0. The highest BCUT2D eigenvalue weighted by Crippen LogP contribution is 2.43. The molecule has 0 aliphatic heterocycles. The molecule has 248 valence electrons. The van der Waals surface area contributed by atoms with Crippen LogP contribution in [0.3, 0.4) is 0 Å². The van der Waals surface area contributed by atoms with Gasteiger partial charge in [0.25, 0.3) is 0 Å². The molecule has 2 aromatic heterocycles. The summed E-state index contributed by atoms with van der Waals surface area (Å²) in [4.78, 5) is 2.32. The van der Waals surface area contributed by atoms with E-state index in [1.807, 2.05) is 12.1 Å². The maximum atomic E-state index is 6.56. The van der Waals surface area contributed by atoms with Crippen LogP contribution in [0, 0.1) is 0 Å². The third-order valence-corrected chi connectivity index (χ3v) is 10.6. The van der Waals surface area contributed by atoms with Crippen molar-refractivity contribution in [2.45, 2.75) is 0 Å². The first-order valence-electron chi connectivity index (χ1n) is 18.0. The number of para-hydroxylation sites is 1. The molecule has 0 atom stereocenters. The summed E-state index contributed by atoms with van der Waals surface area (Å²) in [6, 6.07) is 66.8. The number of furan rings is 2. The smallest absolute Gasteiger partial charge is 0.143 e. The number of anilines is 3. The minimum absolute atomic E-state index is 0.860. The van der Waals surface area contributed by atoms with Crippen LogP contribution in [0.1, 0.15) is 0 Å². The van der Waals surface area contributed by atoms with E-state index in [4.69, 9.17) is 8.83 Å². The molecule has 0 N–H and O–H groups in total. The first-order chi connectivity index (χ1) is 26.3. The van der Waals surface area contributed by atoms with Gasteiger partial charge in [-0.3, -0.25) is 0 Å². The third kappa shape index (κ3) is 4.75. The Kier molecular flexibility index (Phi) is 6.55. The Bertz CT molecular complexity index is 3180. The van der Waals surface area contributed by atoms with E-state index < -0.39 is 0 Å². The van der Waals surface area contributed by atoms with Crippen molar-refractivity contribution in [3.8, 4) is 22.3 Å². The van der Waals surface area contributed by atoms with Gasteiger partial charge in [-0.15, -0.1) is 0 Å². The topological polar surface area (TPSA) is 29.5 Å². The highest BCUT2D eigenvalue weighted by Gasteiger charge is 2.19. The van der Waals surface area contributed by atoms with Gasteiger partial charge in [0.05, 0.1) is 0 Å². The van der Waals surface area contributed by atoms with E-state index in [-0.39, 0.29) is 0 Å². The van der Waals surface area contributed by atoms with Gasteiger partial charge in [-0.05, 0) is 93.0 Å². The van der Waals surface area contributed by atoms with Crippen LogP contribution in [0.15, 0.2) is 197 Å². The minimum Gasteiger partial charge on any atom is -0.456 e. The summed E-state index contributed by atoms with van der Waals surface area (Å²) in [5.41, 5.74) is 11.3. The summed E-state index contributed by atoms with van der Waals surface area (Å²) in [7, 11) is 0. The van der Waals surface area contributed by atoms with Gasteiger partial charge >= 0.3 is 0 Å². The van der Waals surface area contributed by atoms with E-state index in [1.165, 1.54) is 27.3 Å². The molecule has 2 heterocycles. The van der Waals surface area contributed by atoms with Crippen LogP contribution in [-0.4, -0.2) is 0 Å². The van der Waals surface area contributed by atoms with Crippen molar-refractivity contribution >= 4 is 82.5 Å². The maximum Gasteiger partial charge on any atom is 0.143 e. The molecule has 0 saturated carbocycles. The lowest BCUT2D eigenvalue weighted by molar-refractivity contribution is 0.669. The maximum absolute atomic E-state index is 6.56. The van der Waals surface area contributed by atoms with E-state index in [1.54, 1.807) is 0 Å². The van der Waals surface area contributed by atoms with Crippen molar-refractivity contribution in [3.05, 3.63) is 188 Å². The molecular weight excluding hydrogens is 647 g/mol. The highest BCUT2D eigenvalue weighted by molar-refractivity contribution is 6.19. The van der Waals surface area contributed by atoms with Gasteiger partial charge in [0.15, 0.2) is 0 Å². The van der Waals surface area contributed by atoms with E-state index in [9.17, 15) is 0 Å². The lowest BCUT2D eigenvalue weighted by Gasteiger charge is -2.26.